The van der Waals surface area contributed by atoms with Crippen LogP contribution in [0, 0.1) is 5.92 Å². The molecule has 0 radical (unpaired) electrons. The predicted octanol–water partition coefficient (Wildman–Crippen LogP) is 0.674. The number of nitrogens with zero attached hydrogens (tertiary/aromatic N) is 1. The fraction of sp³-hybridized carbons (Fsp3) is 0.889. The highest BCUT2D eigenvalue weighted by atomic mass is 16.5. The van der Waals surface area contributed by atoms with E-state index >= 15 is 0 Å². The van der Waals surface area contributed by atoms with Crippen LogP contribution in [-0.2, 0) is 9.53 Å². The molecule has 0 bridgehead atoms. The van der Waals surface area contributed by atoms with Crippen molar-refractivity contribution in [3.8, 4) is 0 Å². The van der Waals surface area contributed by atoms with Gasteiger partial charge < -0.3 is 9.84 Å². The fourth-order valence-corrected chi connectivity index (χ4v) is 1.18. The minimum Gasteiger partial charge on any atom is -0.480 e. The van der Waals surface area contributed by atoms with Gasteiger partial charge in [0.05, 0.1) is 0 Å². The molecule has 0 aromatic carbocycles. The second kappa shape index (κ2) is 5.94. The Morgan fingerprint density at radius 1 is 1.54 bits per heavy atom. The smallest absolute Gasteiger partial charge is 0.320 e. The van der Waals surface area contributed by atoms with E-state index in [0.717, 1.165) is 6.54 Å². The lowest BCUT2D eigenvalue weighted by Crippen LogP contribution is -2.39. The van der Waals surface area contributed by atoms with Crippen LogP contribution in [0.2, 0.25) is 0 Å². The van der Waals surface area contributed by atoms with E-state index in [2.05, 4.69) is 0 Å². The van der Waals surface area contributed by atoms with Crippen LogP contribution in [0.5, 0.6) is 0 Å². The summed E-state index contributed by atoms with van der Waals surface area (Å²) in [6, 6.07) is -0.431. The van der Waals surface area contributed by atoms with Gasteiger partial charge in [0.2, 0.25) is 0 Å². The average Bonchev–Trinajstić information content (AvgIpc) is 2.03. The number of ether oxygens (including phenoxy) is 1. The molecule has 0 fully saturated rings. The van der Waals surface area contributed by atoms with Crippen LogP contribution in [-0.4, -0.2) is 49.3 Å². The first-order valence-electron chi connectivity index (χ1n) is 4.41. The summed E-state index contributed by atoms with van der Waals surface area (Å²) in [6.07, 6.45) is 0. The topological polar surface area (TPSA) is 49.8 Å². The number of hydrogen-bond acceptors (Lipinski definition) is 3. The molecule has 13 heavy (non-hydrogen) atoms. The SMILES string of the molecule is COCC(C)CN(C)C(C)C(=O)O. The average molecular weight is 189 g/mol. The normalized spacial score (nSPS) is 15.8. The van der Waals surface area contributed by atoms with Crippen LogP contribution < -0.4 is 0 Å². The van der Waals surface area contributed by atoms with Gasteiger partial charge in [-0.2, -0.15) is 0 Å². The van der Waals surface area contributed by atoms with Crippen molar-refractivity contribution in [3.63, 3.8) is 0 Å². The zero-order valence-corrected chi connectivity index (χ0v) is 8.78. The van der Waals surface area contributed by atoms with Gasteiger partial charge >= 0.3 is 5.97 Å². The second-order valence-electron chi connectivity index (χ2n) is 3.51. The Kier molecular flexibility index (Phi) is 5.66. The molecule has 0 spiro atoms. The summed E-state index contributed by atoms with van der Waals surface area (Å²) in [4.78, 5) is 12.4. The van der Waals surface area contributed by atoms with Crippen molar-refractivity contribution in [2.45, 2.75) is 19.9 Å². The highest BCUT2D eigenvalue weighted by molar-refractivity contribution is 5.72. The van der Waals surface area contributed by atoms with E-state index in [0.29, 0.717) is 12.5 Å². The van der Waals surface area contributed by atoms with Crippen LogP contribution in [0.4, 0.5) is 0 Å². The number of carboxylic acid groups (broad SMARTS) is 1. The molecular weight excluding hydrogens is 170 g/mol. The summed E-state index contributed by atoms with van der Waals surface area (Å²) >= 11 is 0. The van der Waals surface area contributed by atoms with E-state index in [-0.39, 0.29) is 0 Å². The van der Waals surface area contributed by atoms with Gasteiger partial charge in [-0.15, -0.1) is 0 Å². The van der Waals surface area contributed by atoms with Gasteiger partial charge in [0.1, 0.15) is 6.04 Å². The number of hydrogen-bond donors (Lipinski definition) is 1. The Balaban J connectivity index is 3.84. The minimum atomic E-state index is -0.785. The van der Waals surface area contributed by atoms with Gasteiger partial charge in [0.15, 0.2) is 0 Å². The molecule has 78 valence electrons. The molecule has 0 saturated heterocycles. The summed E-state index contributed by atoms with van der Waals surface area (Å²) in [5, 5.41) is 8.72. The van der Waals surface area contributed by atoms with Crippen molar-refractivity contribution < 1.29 is 14.6 Å². The number of carboxylic acids is 1. The number of likely N-dealkylation sites (N-methyl/N-ethyl adjacent to an activating group) is 1. The lowest BCUT2D eigenvalue weighted by molar-refractivity contribution is -0.142. The maximum atomic E-state index is 10.6. The molecule has 0 saturated carbocycles. The lowest BCUT2D eigenvalue weighted by atomic mass is 10.1. The summed E-state index contributed by atoms with van der Waals surface area (Å²) in [5.41, 5.74) is 0. The van der Waals surface area contributed by atoms with Gasteiger partial charge in [0, 0.05) is 20.3 Å². The van der Waals surface area contributed by atoms with Gasteiger partial charge in [-0.05, 0) is 19.9 Å². The molecule has 0 amide bonds. The third-order valence-electron chi connectivity index (χ3n) is 2.07. The Morgan fingerprint density at radius 3 is 2.46 bits per heavy atom. The maximum absolute atomic E-state index is 10.6. The highest BCUT2D eigenvalue weighted by Gasteiger charge is 2.18. The van der Waals surface area contributed by atoms with Crippen molar-refractivity contribution in [2.24, 2.45) is 5.92 Å². The van der Waals surface area contributed by atoms with Crippen LogP contribution >= 0.6 is 0 Å². The lowest BCUT2D eigenvalue weighted by Gasteiger charge is -2.24. The number of rotatable bonds is 6. The Labute approximate surface area is 79.5 Å². The third-order valence-corrected chi connectivity index (χ3v) is 2.07. The Bertz CT molecular complexity index is 161. The quantitative estimate of drug-likeness (QED) is 0.667. The van der Waals surface area contributed by atoms with Gasteiger partial charge in [-0.1, -0.05) is 6.92 Å². The molecule has 4 heteroatoms. The molecule has 0 rings (SSSR count). The van der Waals surface area contributed by atoms with E-state index in [4.69, 9.17) is 9.84 Å². The molecule has 0 aliphatic heterocycles. The van der Waals surface area contributed by atoms with Crippen molar-refractivity contribution in [3.05, 3.63) is 0 Å². The van der Waals surface area contributed by atoms with E-state index in [1.165, 1.54) is 0 Å². The molecule has 2 atom stereocenters. The van der Waals surface area contributed by atoms with Crippen LogP contribution in [0.1, 0.15) is 13.8 Å². The van der Waals surface area contributed by atoms with Gasteiger partial charge in [-0.25, -0.2) is 0 Å². The van der Waals surface area contributed by atoms with Crippen molar-refractivity contribution >= 4 is 5.97 Å². The molecule has 0 aliphatic carbocycles. The number of carbonyl (C=O) groups is 1. The molecule has 1 N–H and O–H groups in total. The summed E-state index contributed by atoms with van der Waals surface area (Å²) < 4.78 is 4.97. The summed E-state index contributed by atoms with van der Waals surface area (Å²) in [7, 11) is 3.46. The first-order valence-corrected chi connectivity index (χ1v) is 4.41. The zero-order valence-electron chi connectivity index (χ0n) is 8.78. The number of methoxy groups -OCH3 is 1. The molecule has 0 aromatic heterocycles. The zero-order chi connectivity index (χ0) is 10.4. The van der Waals surface area contributed by atoms with E-state index in [1.54, 1.807) is 14.0 Å². The Morgan fingerprint density at radius 2 is 2.08 bits per heavy atom. The minimum absolute atomic E-state index is 0.358. The van der Waals surface area contributed by atoms with Crippen molar-refractivity contribution in [1.29, 1.82) is 0 Å². The largest absolute Gasteiger partial charge is 0.480 e. The molecular formula is C9H19NO3. The summed E-state index contributed by atoms with van der Waals surface area (Å²) in [6.45, 7) is 5.12. The van der Waals surface area contributed by atoms with Crippen LogP contribution in [0.3, 0.4) is 0 Å². The predicted molar refractivity (Wildman–Crippen MR) is 50.8 cm³/mol. The standard InChI is InChI=1S/C9H19NO3/c1-7(6-13-4)5-10(3)8(2)9(11)12/h7-8H,5-6H2,1-4H3,(H,11,12). The number of aliphatic carboxylic acids is 1. The molecule has 0 aromatic rings. The molecule has 4 nitrogen and oxygen atoms in total. The maximum Gasteiger partial charge on any atom is 0.320 e. The van der Waals surface area contributed by atoms with Crippen molar-refractivity contribution in [2.75, 3.05) is 27.3 Å². The molecule has 0 aliphatic rings. The van der Waals surface area contributed by atoms with Crippen LogP contribution in [0.25, 0.3) is 0 Å². The van der Waals surface area contributed by atoms with Crippen molar-refractivity contribution in [1.82, 2.24) is 4.90 Å². The highest BCUT2D eigenvalue weighted by Crippen LogP contribution is 2.02. The Hall–Kier alpha value is -0.610. The molecule has 0 heterocycles. The van der Waals surface area contributed by atoms with E-state index < -0.39 is 12.0 Å². The third kappa shape index (κ3) is 4.85. The monoisotopic (exact) mass is 189 g/mol. The van der Waals surface area contributed by atoms with Crippen LogP contribution in [0.15, 0.2) is 0 Å². The van der Waals surface area contributed by atoms with Gasteiger partial charge in [0.25, 0.3) is 0 Å². The fourth-order valence-electron chi connectivity index (χ4n) is 1.18. The first-order chi connectivity index (χ1) is 5.99. The summed E-state index contributed by atoms with van der Waals surface area (Å²) in [5.74, 6) is -0.427. The second-order valence-corrected chi connectivity index (χ2v) is 3.51. The van der Waals surface area contributed by atoms with E-state index in [9.17, 15) is 4.79 Å². The first kappa shape index (κ1) is 12.4. The van der Waals surface area contributed by atoms with Gasteiger partial charge in [-0.3, -0.25) is 9.69 Å². The molecule has 2 unspecified atom stereocenters. The van der Waals surface area contributed by atoms with E-state index in [1.807, 2.05) is 18.9 Å².